The number of hydrogen-bond acceptors (Lipinski definition) is 4. The van der Waals surface area contributed by atoms with Crippen LogP contribution in [-0.2, 0) is 26.6 Å². The van der Waals surface area contributed by atoms with Gasteiger partial charge in [-0.2, -0.15) is 10.2 Å². The van der Waals surface area contributed by atoms with Crippen molar-refractivity contribution >= 4 is 11.6 Å². The molecule has 0 atom stereocenters. The Hall–Kier alpha value is -1.60. The van der Waals surface area contributed by atoms with Gasteiger partial charge in [0.15, 0.2) is 0 Å². The SMILES string of the molecule is CCc1nn(C)c(Cl)c1CNCc1n[nH]c(=O)[nH]1. The molecule has 0 aliphatic carbocycles. The molecule has 0 bridgehead atoms. The number of nitrogens with one attached hydrogen (secondary N) is 3. The Morgan fingerprint density at radius 1 is 1.44 bits per heavy atom. The van der Waals surface area contributed by atoms with Gasteiger partial charge < -0.3 is 5.32 Å². The third-order valence-corrected chi connectivity index (χ3v) is 3.10. The lowest BCUT2D eigenvalue weighted by atomic mass is 10.2. The number of nitrogens with zero attached hydrogens (tertiary/aromatic N) is 3. The number of H-pyrrole nitrogens is 2. The molecular formula is C10H15ClN6O. The zero-order chi connectivity index (χ0) is 13.1. The van der Waals surface area contributed by atoms with Crippen molar-refractivity contribution in [3.05, 3.63) is 32.7 Å². The summed E-state index contributed by atoms with van der Waals surface area (Å²) in [6.07, 6.45) is 0.830. The molecule has 2 aromatic heterocycles. The summed E-state index contributed by atoms with van der Waals surface area (Å²) < 4.78 is 1.66. The van der Waals surface area contributed by atoms with Gasteiger partial charge in [0.2, 0.25) is 0 Å². The van der Waals surface area contributed by atoms with E-state index in [1.807, 2.05) is 14.0 Å². The molecule has 0 unspecified atom stereocenters. The van der Waals surface area contributed by atoms with Gasteiger partial charge in [-0.15, -0.1) is 0 Å². The zero-order valence-corrected chi connectivity index (χ0v) is 11.0. The average molecular weight is 271 g/mol. The third kappa shape index (κ3) is 2.62. The van der Waals surface area contributed by atoms with Crippen LogP contribution in [0.25, 0.3) is 0 Å². The van der Waals surface area contributed by atoms with E-state index in [4.69, 9.17) is 11.6 Å². The quantitative estimate of drug-likeness (QED) is 0.730. The Balaban J connectivity index is 2.00. The second-order valence-electron chi connectivity index (χ2n) is 3.92. The van der Waals surface area contributed by atoms with E-state index in [-0.39, 0.29) is 5.69 Å². The van der Waals surface area contributed by atoms with Crippen LogP contribution in [0.15, 0.2) is 4.79 Å². The summed E-state index contributed by atoms with van der Waals surface area (Å²) in [5, 5.41) is 14.2. The fraction of sp³-hybridized carbons (Fsp3) is 0.500. The van der Waals surface area contributed by atoms with Crippen molar-refractivity contribution in [2.45, 2.75) is 26.4 Å². The maximum atomic E-state index is 10.8. The number of rotatable bonds is 5. The summed E-state index contributed by atoms with van der Waals surface area (Å²) in [6, 6.07) is 0. The van der Waals surface area contributed by atoms with Gasteiger partial charge in [-0.3, -0.25) is 9.67 Å². The van der Waals surface area contributed by atoms with Crippen molar-refractivity contribution in [1.82, 2.24) is 30.3 Å². The number of hydrogen-bond donors (Lipinski definition) is 3. The summed E-state index contributed by atoms with van der Waals surface area (Å²) in [4.78, 5) is 13.4. The lowest BCUT2D eigenvalue weighted by Gasteiger charge is -2.03. The molecule has 2 rings (SSSR count). The number of aryl methyl sites for hydroxylation is 2. The minimum atomic E-state index is -0.305. The molecule has 8 heteroatoms. The van der Waals surface area contributed by atoms with Crippen LogP contribution in [-0.4, -0.2) is 25.0 Å². The smallest absolute Gasteiger partial charge is 0.306 e. The van der Waals surface area contributed by atoms with Crippen molar-refractivity contribution in [2.75, 3.05) is 0 Å². The summed E-state index contributed by atoms with van der Waals surface area (Å²) in [7, 11) is 1.82. The summed E-state index contributed by atoms with van der Waals surface area (Å²) >= 11 is 6.16. The fourth-order valence-corrected chi connectivity index (χ4v) is 1.97. The molecule has 0 fully saturated rings. The number of aromatic nitrogens is 5. The number of halogens is 1. The molecule has 0 saturated carbocycles. The molecule has 98 valence electrons. The van der Waals surface area contributed by atoms with Gasteiger partial charge in [0.1, 0.15) is 11.0 Å². The zero-order valence-electron chi connectivity index (χ0n) is 10.2. The van der Waals surface area contributed by atoms with Crippen molar-refractivity contribution in [2.24, 2.45) is 7.05 Å². The first-order valence-corrected chi connectivity index (χ1v) is 6.04. The van der Waals surface area contributed by atoms with E-state index in [0.717, 1.165) is 17.7 Å². The Morgan fingerprint density at radius 3 is 2.83 bits per heavy atom. The highest BCUT2D eigenvalue weighted by Crippen LogP contribution is 2.19. The standard InChI is InChI=1S/C10H15ClN6O/c1-3-7-6(9(11)17(2)16-7)4-12-5-8-13-10(18)15-14-8/h12H,3-5H2,1-2H3,(H2,13,14,15,18). The topological polar surface area (TPSA) is 91.4 Å². The molecule has 0 radical (unpaired) electrons. The van der Waals surface area contributed by atoms with Crippen LogP contribution >= 0.6 is 11.6 Å². The van der Waals surface area contributed by atoms with Gasteiger partial charge >= 0.3 is 5.69 Å². The molecule has 18 heavy (non-hydrogen) atoms. The fourth-order valence-electron chi connectivity index (χ4n) is 1.75. The van der Waals surface area contributed by atoms with E-state index in [0.29, 0.717) is 24.1 Å². The van der Waals surface area contributed by atoms with Crippen molar-refractivity contribution in [3.63, 3.8) is 0 Å². The third-order valence-electron chi connectivity index (χ3n) is 2.63. The molecule has 0 aromatic carbocycles. The van der Waals surface area contributed by atoms with Gasteiger partial charge in [-0.05, 0) is 6.42 Å². The normalized spacial score (nSPS) is 11.1. The molecule has 0 aliphatic rings. The predicted octanol–water partition coefficient (Wildman–Crippen LogP) is 0.337. The molecule has 2 heterocycles. The van der Waals surface area contributed by atoms with Gasteiger partial charge in [-0.25, -0.2) is 9.89 Å². The second kappa shape index (κ2) is 5.36. The Labute approximate surface area is 109 Å². The maximum Gasteiger partial charge on any atom is 0.340 e. The molecule has 0 aliphatic heterocycles. The molecule has 0 spiro atoms. The summed E-state index contributed by atoms with van der Waals surface area (Å²) in [6.45, 7) is 3.09. The van der Waals surface area contributed by atoms with Gasteiger partial charge in [0.05, 0.1) is 12.2 Å². The van der Waals surface area contributed by atoms with E-state index >= 15 is 0 Å². The highest BCUT2D eigenvalue weighted by Gasteiger charge is 2.12. The molecule has 0 amide bonds. The van der Waals surface area contributed by atoms with Gasteiger partial charge in [0.25, 0.3) is 0 Å². The van der Waals surface area contributed by atoms with Crippen LogP contribution in [0.2, 0.25) is 5.15 Å². The Morgan fingerprint density at radius 2 is 2.22 bits per heavy atom. The lowest BCUT2D eigenvalue weighted by molar-refractivity contribution is 0.661. The Bertz CT molecular complexity index is 583. The number of aromatic amines is 2. The molecule has 0 saturated heterocycles. The van der Waals surface area contributed by atoms with Crippen LogP contribution in [0.5, 0.6) is 0 Å². The van der Waals surface area contributed by atoms with Crippen LogP contribution in [0.1, 0.15) is 24.0 Å². The lowest BCUT2D eigenvalue weighted by Crippen LogP contribution is -2.15. The van der Waals surface area contributed by atoms with Crippen LogP contribution in [0.3, 0.4) is 0 Å². The monoisotopic (exact) mass is 270 g/mol. The maximum absolute atomic E-state index is 10.8. The van der Waals surface area contributed by atoms with Crippen LogP contribution in [0, 0.1) is 0 Å². The Kier molecular flexibility index (Phi) is 3.83. The molecule has 7 nitrogen and oxygen atoms in total. The van der Waals surface area contributed by atoms with E-state index in [1.165, 1.54) is 0 Å². The van der Waals surface area contributed by atoms with E-state index < -0.39 is 0 Å². The van der Waals surface area contributed by atoms with Gasteiger partial charge in [-0.1, -0.05) is 18.5 Å². The van der Waals surface area contributed by atoms with E-state index in [2.05, 4.69) is 25.6 Å². The second-order valence-corrected chi connectivity index (χ2v) is 4.28. The van der Waals surface area contributed by atoms with Crippen LogP contribution in [0.4, 0.5) is 0 Å². The van der Waals surface area contributed by atoms with Crippen molar-refractivity contribution in [3.8, 4) is 0 Å². The first-order chi connectivity index (χ1) is 8.61. The van der Waals surface area contributed by atoms with Gasteiger partial charge in [0, 0.05) is 19.2 Å². The van der Waals surface area contributed by atoms with Crippen molar-refractivity contribution < 1.29 is 0 Å². The minimum Gasteiger partial charge on any atom is -0.306 e. The van der Waals surface area contributed by atoms with Crippen LogP contribution < -0.4 is 11.0 Å². The van der Waals surface area contributed by atoms with E-state index in [1.54, 1.807) is 4.68 Å². The first kappa shape index (κ1) is 12.8. The molecular weight excluding hydrogens is 256 g/mol. The highest BCUT2D eigenvalue weighted by molar-refractivity contribution is 6.30. The largest absolute Gasteiger partial charge is 0.340 e. The molecule has 2 aromatic rings. The summed E-state index contributed by atoms with van der Waals surface area (Å²) in [5.41, 5.74) is 1.66. The predicted molar refractivity (Wildman–Crippen MR) is 67.3 cm³/mol. The van der Waals surface area contributed by atoms with E-state index in [9.17, 15) is 4.79 Å². The summed E-state index contributed by atoms with van der Waals surface area (Å²) in [5.74, 6) is 0.568. The first-order valence-electron chi connectivity index (χ1n) is 5.66. The highest BCUT2D eigenvalue weighted by atomic mass is 35.5. The van der Waals surface area contributed by atoms with Crippen molar-refractivity contribution in [1.29, 1.82) is 0 Å². The molecule has 3 N–H and O–H groups in total. The average Bonchev–Trinajstić information content (AvgIpc) is 2.87. The minimum absolute atomic E-state index is 0.305.